The molecule has 19 heavy (non-hydrogen) atoms. The van der Waals surface area contributed by atoms with Crippen molar-refractivity contribution in [3.05, 3.63) is 41.0 Å². The molecule has 2 rings (SSSR count). The minimum Gasteiger partial charge on any atom is -0.340 e. The highest BCUT2D eigenvalue weighted by molar-refractivity contribution is 6.30. The predicted octanol–water partition coefficient (Wildman–Crippen LogP) is 2.70. The Morgan fingerprint density at radius 2 is 2.32 bits per heavy atom. The molecule has 0 spiro atoms. The summed E-state index contributed by atoms with van der Waals surface area (Å²) in [5.41, 5.74) is 0.633. The van der Waals surface area contributed by atoms with E-state index in [1.807, 2.05) is 0 Å². The first-order valence-corrected chi connectivity index (χ1v) is 5.99. The van der Waals surface area contributed by atoms with Gasteiger partial charge in [-0.2, -0.15) is 4.98 Å². The van der Waals surface area contributed by atoms with Gasteiger partial charge in [0.25, 0.3) is 0 Å². The first kappa shape index (κ1) is 13.4. The van der Waals surface area contributed by atoms with E-state index in [4.69, 9.17) is 16.1 Å². The predicted molar refractivity (Wildman–Crippen MR) is 71.0 cm³/mol. The van der Waals surface area contributed by atoms with Crippen molar-refractivity contribution in [2.45, 2.75) is 13.5 Å². The summed E-state index contributed by atoms with van der Waals surface area (Å²) in [6, 6.07) is 6.66. The van der Waals surface area contributed by atoms with Crippen molar-refractivity contribution in [2.24, 2.45) is 0 Å². The Morgan fingerprint density at radius 3 is 2.95 bits per heavy atom. The Labute approximate surface area is 115 Å². The summed E-state index contributed by atoms with van der Waals surface area (Å²) in [7, 11) is 1.64. The van der Waals surface area contributed by atoms with Crippen LogP contribution in [0.25, 0.3) is 0 Å². The second-order valence-electron chi connectivity index (χ2n) is 4.03. The van der Waals surface area contributed by atoms with Crippen LogP contribution in [0, 0.1) is 6.92 Å². The fourth-order valence-corrected chi connectivity index (χ4v) is 1.66. The molecule has 0 radical (unpaired) electrons. The van der Waals surface area contributed by atoms with Crippen molar-refractivity contribution < 1.29 is 9.32 Å². The molecule has 1 aromatic heterocycles. The second-order valence-corrected chi connectivity index (χ2v) is 4.46. The Kier molecular flexibility index (Phi) is 4.01. The van der Waals surface area contributed by atoms with Crippen LogP contribution < -0.4 is 5.32 Å². The molecular weight excluding hydrogens is 268 g/mol. The van der Waals surface area contributed by atoms with Crippen molar-refractivity contribution >= 4 is 23.3 Å². The zero-order valence-corrected chi connectivity index (χ0v) is 11.3. The van der Waals surface area contributed by atoms with Crippen LogP contribution in [0.2, 0.25) is 5.02 Å². The highest BCUT2D eigenvalue weighted by atomic mass is 35.5. The smallest absolute Gasteiger partial charge is 0.321 e. The number of rotatable bonds is 3. The fourth-order valence-electron chi connectivity index (χ4n) is 1.47. The minimum atomic E-state index is -0.273. The number of urea groups is 1. The van der Waals surface area contributed by atoms with Gasteiger partial charge in [-0.3, -0.25) is 0 Å². The standard InChI is InChI=1S/C12H13ClN4O2/c1-8-14-11(16-19-8)7-17(2)12(18)15-10-5-3-4-9(13)6-10/h3-6H,7H2,1-2H3,(H,15,18). The third-order valence-corrected chi connectivity index (χ3v) is 2.61. The molecule has 1 N–H and O–H groups in total. The van der Waals surface area contributed by atoms with Gasteiger partial charge in [-0.05, 0) is 18.2 Å². The van der Waals surface area contributed by atoms with Crippen molar-refractivity contribution in [2.75, 3.05) is 12.4 Å². The number of aryl methyl sites for hydroxylation is 1. The molecule has 6 nitrogen and oxygen atoms in total. The third-order valence-electron chi connectivity index (χ3n) is 2.37. The Hall–Kier alpha value is -2.08. The Balaban J connectivity index is 1.96. The van der Waals surface area contributed by atoms with Crippen LogP contribution in [0.4, 0.5) is 10.5 Å². The highest BCUT2D eigenvalue weighted by Crippen LogP contribution is 2.15. The van der Waals surface area contributed by atoms with Crippen LogP contribution in [0.15, 0.2) is 28.8 Å². The number of anilines is 1. The molecule has 7 heteroatoms. The number of halogens is 1. The van der Waals surface area contributed by atoms with Crippen LogP contribution in [0.3, 0.4) is 0 Å². The lowest BCUT2D eigenvalue weighted by atomic mass is 10.3. The largest absolute Gasteiger partial charge is 0.340 e. The molecule has 0 bridgehead atoms. The van der Waals surface area contributed by atoms with Crippen LogP contribution in [-0.4, -0.2) is 28.1 Å². The van der Waals surface area contributed by atoms with E-state index < -0.39 is 0 Å². The number of nitrogens with one attached hydrogen (secondary N) is 1. The van der Waals surface area contributed by atoms with Gasteiger partial charge in [-0.15, -0.1) is 0 Å². The monoisotopic (exact) mass is 280 g/mol. The number of amides is 2. The lowest BCUT2D eigenvalue weighted by Crippen LogP contribution is -2.31. The zero-order chi connectivity index (χ0) is 13.8. The summed E-state index contributed by atoms with van der Waals surface area (Å²) in [5.74, 6) is 0.930. The number of carbonyl (C=O) groups excluding carboxylic acids is 1. The first-order valence-electron chi connectivity index (χ1n) is 5.61. The summed E-state index contributed by atoms with van der Waals surface area (Å²) in [6.07, 6.45) is 0. The molecule has 2 aromatic rings. The van der Waals surface area contributed by atoms with E-state index >= 15 is 0 Å². The van der Waals surface area contributed by atoms with E-state index in [0.29, 0.717) is 22.4 Å². The van der Waals surface area contributed by atoms with Gasteiger partial charge in [0, 0.05) is 24.7 Å². The number of hydrogen-bond acceptors (Lipinski definition) is 4. The molecular formula is C12H13ClN4O2. The van der Waals surface area contributed by atoms with Gasteiger partial charge in [0.15, 0.2) is 5.82 Å². The van der Waals surface area contributed by atoms with E-state index in [0.717, 1.165) is 0 Å². The summed E-state index contributed by atoms with van der Waals surface area (Å²) < 4.78 is 4.84. The van der Waals surface area contributed by atoms with Crippen molar-refractivity contribution in [3.63, 3.8) is 0 Å². The number of benzene rings is 1. The SMILES string of the molecule is Cc1nc(CN(C)C(=O)Nc2cccc(Cl)c2)no1. The molecule has 0 aliphatic rings. The normalized spacial score (nSPS) is 10.3. The summed E-state index contributed by atoms with van der Waals surface area (Å²) >= 11 is 5.84. The van der Waals surface area contributed by atoms with Gasteiger partial charge in [0.1, 0.15) is 0 Å². The molecule has 0 aliphatic carbocycles. The van der Waals surface area contributed by atoms with E-state index in [1.54, 1.807) is 38.2 Å². The molecule has 1 aromatic carbocycles. The Bertz CT molecular complexity index is 585. The first-order chi connectivity index (χ1) is 9.04. The molecule has 0 saturated carbocycles. The number of nitrogens with zero attached hydrogens (tertiary/aromatic N) is 3. The van der Waals surface area contributed by atoms with E-state index in [1.165, 1.54) is 4.90 Å². The summed E-state index contributed by atoms with van der Waals surface area (Å²) in [4.78, 5) is 17.4. The maximum absolute atomic E-state index is 11.9. The second kappa shape index (κ2) is 5.71. The fraction of sp³-hybridized carbons (Fsp3) is 0.250. The average Bonchev–Trinajstić information content (AvgIpc) is 2.74. The number of aromatic nitrogens is 2. The summed E-state index contributed by atoms with van der Waals surface area (Å²) in [6.45, 7) is 1.96. The summed E-state index contributed by atoms with van der Waals surface area (Å²) in [5, 5.41) is 7.02. The average molecular weight is 281 g/mol. The quantitative estimate of drug-likeness (QED) is 0.938. The molecule has 1 heterocycles. The lowest BCUT2D eigenvalue weighted by Gasteiger charge is -2.16. The van der Waals surface area contributed by atoms with Gasteiger partial charge < -0.3 is 14.7 Å². The molecule has 0 unspecified atom stereocenters. The molecule has 0 atom stereocenters. The number of hydrogen-bond donors (Lipinski definition) is 1. The van der Waals surface area contributed by atoms with Gasteiger partial charge in [0.05, 0.1) is 6.54 Å². The van der Waals surface area contributed by atoms with Crippen molar-refractivity contribution in [3.8, 4) is 0 Å². The van der Waals surface area contributed by atoms with E-state index in [9.17, 15) is 4.79 Å². The lowest BCUT2D eigenvalue weighted by molar-refractivity contribution is 0.219. The Morgan fingerprint density at radius 1 is 1.53 bits per heavy atom. The maximum Gasteiger partial charge on any atom is 0.321 e. The van der Waals surface area contributed by atoms with Crippen LogP contribution in [-0.2, 0) is 6.54 Å². The molecule has 0 saturated heterocycles. The highest BCUT2D eigenvalue weighted by Gasteiger charge is 2.12. The van der Waals surface area contributed by atoms with Gasteiger partial charge in [-0.25, -0.2) is 4.79 Å². The molecule has 0 aliphatic heterocycles. The van der Waals surface area contributed by atoms with Gasteiger partial charge in [0.2, 0.25) is 5.89 Å². The maximum atomic E-state index is 11.9. The van der Waals surface area contributed by atoms with Crippen molar-refractivity contribution in [1.82, 2.24) is 15.0 Å². The van der Waals surface area contributed by atoms with Gasteiger partial charge in [-0.1, -0.05) is 22.8 Å². The molecule has 100 valence electrons. The number of carbonyl (C=O) groups is 1. The van der Waals surface area contributed by atoms with E-state index in [2.05, 4.69) is 15.5 Å². The van der Waals surface area contributed by atoms with E-state index in [-0.39, 0.29) is 12.6 Å². The van der Waals surface area contributed by atoms with Crippen molar-refractivity contribution in [1.29, 1.82) is 0 Å². The van der Waals surface area contributed by atoms with Crippen LogP contribution in [0.5, 0.6) is 0 Å². The van der Waals surface area contributed by atoms with Gasteiger partial charge >= 0.3 is 6.03 Å². The van der Waals surface area contributed by atoms with Crippen LogP contribution >= 0.6 is 11.6 Å². The minimum absolute atomic E-state index is 0.268. The molecule has 2 amide bonds. The molecule has 0 fully saturated rings. The zero-order valence-electron chi connectivity index (χ0n) is 10.6. The van der Waals surface area contributed by atoms with Crippen LogP contribution in [0.1, 0.15) is 11.7 Å². The third kappa shape index (κ3) is 3.69. The topological polar surface area (TPSA) is 71.3 Å².